The van der Waals surface area contributed by atoms with Crippen LogP contribution in [0.25, 0.3) is 0 Å². The predicted molar refractivity (Wildman–Crippen MR) is 258 cm³/mol. The maximum atomic E-state index is 13.9. The molecule has 0 heterocycles. The van der Waals surface area contributed by atoms with E-state index in [4.69, 9.17) is 17.2 Å². The van der Waals surface area contributed by atoms with Crippen LogP contribution in [0.3, 0.4) is 0 Å². The summed E-state index contributed by atoms with van der Waals surface area (Å²) in [6, 6.07) is -4.67. The maximum absolute atomic E-state index is 13.9. The van der Waals surface area contributed by atoms with E-state index in [1.54, 1.807) is 44.2 Å². The fourth-order valence-electron chi connectivity index (χ4n) is 6.82. The molecule has 9 amide bonds. The number of primary amides is 1. The zero-order valence-corrected chi connectivity index (χ0v) is 41.7. The number of benzene rings is 1. The van der Waals surface area contributed by atoms with Crippen molar-refractivity contribution in [2.24, 2.45) is 29.0 Å². The number of rotatable bonds is 32. The third-order valence-electron chi connectivity index (χ3n) is 11.5. The molecule has 71 heavy (non-hydrogen) atoms. The molecule has 13 atom stereocenters. The number of hydrogen-bond donors (Lipinski definition) is 15. The van der Waals surface area contributed by atoms with E-state index in [-0.39, 0.29) is 25.7 Å². The van der Waals surface area contributed by atoms with Crippen LogP contribution in [0.2, 0.25) is 0 Å². The average molecular weight is 1010 g/mol. The molecule has 1 aromatic rings. The van der Waals surface area contributed by atoms with Gasteiger partial charge in [-0.3, -0.25) is 43.2 Å². The van der Waals surface area contributed by atoms with E-state index in [1.807, 2.05) is 0 Å². The Morgan fingerprint density at radius 1 is 0.535 bits per heavy atom. The summed E-state index contributed by atoms with van der Waals surface area (Å²) in [6.07, 6.45) is -3.99. The van der Waals surface area contributed by atoms with Gasteiger partial charge in [-0.15, -0.1) is 0 Å². The lowest BCUT2D eigenvalue weighted by Gasteiger charge is -2.31. The lowest BCUT2D eigenvalue weighted by molar-refractivity contribution is -0.143. The Balaban J connectivity index is 3.28. The molecule has 18 N–H and O–H groups in total. The molecule has 0 aliphatic rings. The Bertz CT molecular complexity index is 1960. The van der Waals surface area contributed by atoms with Crippen molar-refractivity contribution in [1.29, 1.82) is 0 Å². The van der Waals surface area contributed by atoms with Gasteiger partial charge < -0.3 is 80.2 Å². The second kappa shape index (κ2) is 31.1. The second-order valence-electron chi connectivity index (χ2n) is 18.1. The lowest BCUT2D eigenvalue weighted by Crippen LogP contribution is -2.63. The van der Waals surface area contributed by atoms with Crippen molar-refractivity contribution in [1.82, 2.24) is 42.5 Å². The van der Waals surface area contributed by atoms with Gasteiger partial charge in [0.2, 0.25) is 53.2 Å². The number of amides is 9. The standard InChI is InChI=1S/C46H77N11O14/c1-9-23(4)35(43(67)57-37(27(8)60)45(69)54-34(22(2)3)42(66)56-36(26(7)59)44(68)52-30(46(70)71)17-13-14-20-47)55-38(62)24(5)50-39(63)29(18-19-32(48)61)51-40(64)31(21-28-15-11-10-12-16-28)53-41(65)33(49)25(6)58/h10-12,15-16,22-27,29-31,33-37,58-60H,9,13-14,17-21,47,49H2,1-8H3,(H2,48,61)(H,50,63)(H,51,64)(H,52,68)(H,53,65)(H,54,69)(H,55,62)(H,56,66)(H,57,67)(H,70,71)/t23-,24-,25+,26+,27+,29-,30-,31-,33-,34-,35-,36-,37-/m0/s1. The van der Waals surface area contributed by atoms with Crippen LogP contribution in [-0.4, -0.2) is 159 Å². The van der Waals surface area contributed by atoms with Crippen molar-refractivity contribution in [3.8, 4) is 0 Å². The van der Waals surface area contributed by atoms with Crippen molar-refractivity contribution >= 4 is 59.1 Å². The zero-order valence-electron chi connectivity index (χ0n) is 41.7. The van der Waals surface area contributed by atoms with E-state index >= 15 is 0 Å². The summed E-state index contributed by atoms with van der Waals surface area (Å²) in [5.74, 6) is -11.0. The number of unbranched alkanes of at least 4 members (excludes halogenated alkanes) is 1. The number of aliphatic hydroxyl groups excluding tert-OH is 3. The molecule has 0 fully saturated rings. The average Bonchev–Trinajstić information content (AvgIpc) is 3.30. The Morgan fingerprint density at radius 2 is 1.00 bits per heavy atom. The highest BCUT2D eigenvalue weighted by Gasteiger charge is 2.38. The first-order valence-electron chi connectivity index (χ1n) is 23.6. The maximum Gasteiger partial charge on any atom is 0.326 e. The van der Waals surface area contributed by atoms with Crippen LogP contribution in [-0.2, 0) is 54.4 Å². The molecule has 1 aromatic carbocycles. The van der Waals surface area contributed by atoms with Gasteiger partial charge in [-0.1, -0.05) is 64.4 Å². The molecule has 0 bridgehead atoms. The summed E-state index contributed by atoms with van der Waals surface area (Å²) < 4.78 is 0. The fraction of sp³-hybridized carbons (Fsp3) is 0.652. The van der Waals surface area contributed by atoms with Gasteiger partial charge in [-0.05, 0) is 77.3 Å². The normalized spacial score (nSPS) is 16.8. The molecular weight excluding hydrogens is 931 g/mol. The van der Waals surface area contributed by atoms with E-state index in [2.05, 4.69) is 42.5 Å². The van der Waals surface area contributed by atoms with Crippen LogP contribution in [0.15, 0.2) is 30.3 Å². The van der Waals surface area contributed by atoms with Crippen LogP contribution >= 0.6 is 0 Å². The summed E-state index contributed by atoms with van der Waals surface area (Å²) >= 11 is 0. The molecule has 400 valence electrons. The number of hydrogen-bond acceptors (Lipinski definition) is 15. The molecular formula is C46H77N11O14. The number of nitrogens with two attached hydrogens (primary N) is 3. The molecule has 0 radical (unpaired) electrons. The highest BCUT2D eigenvalue weighted by atomic mass is 16.4. The van der Waals surface area contributed by atoms with Gasteiger partial charge in [0.1, 0.15) is 54.4 Å². The zero-order chi connectivity index (χ0) is 54.3. The first-order valence-corrected chi connectivity index (χ1v) is 23.6. The van der Waals surface area contributed by atoms with E-state index in [0.717, 1.165) is 0 Å². The summed E-state index contributed by atoms with van der Waals surface area (Å²) in [4.78, 5) is 132. The van der Waals surface area contributed by atoms with E-state index in [1.165, 1.54) is 41.5 Å². The molecule has 0 aliphatic carbocycles. The van der Waals surface area contributed by atoms with Gasteiger partial charge in [0.15, 0.2) is 0 Å². The minimum Gasteiger partial charge on any atom is -0.480 e. The van der Waals surface area contributed by atoms with E-state index in [0.29, 0.717) is 31.4 Å². The van der Waals surface area contributed by atoms with Crippen LogP contribution in [0.1, 0.15) is 99.5 Å². The summed E-state index contributed by atoms with van der Waals surface area (Å²) in [7, 11) is 0. The second-order valence-corrected chi connectivity index (χ2v) is 18.1. The Kier molecular flexibility index (Phi) is 27.5. The molecule has 0 aromatic heterocycles. The lowest BCUT2D eigenvalue weighted by atomic mass is 9.97. The van der Waals surface area contributed by atoms with Crippen molar-refractivity contribution in [3.63, 3.8) is 0 Å². The van der Waals surface area contributed by atoms with Crippen molar-refractivity contribution in [2.45, 2.75) is 173 Å². The van der Waals surface area contributed by atoms with E-state index < -0.39 is 144 Å². The number of carbonyl (C=O) groups is 10. The van der Waals surface area contributed by atoms with Crippen LogP contribution in [0.4, 0.5) is 0 Å². The topological polar surface area (TPSA) is 426 Å². The highest BCUT2D eigenvalue weighted by Crippen LogP contribution is 2.12. The number of carboxylic acids is 1. The molecule has 0 spiro atoms. The minimum absolute atomic E-state index is 0.0267. The number of aliphatic hydroxyl groups is 3. The smallest absolute Gasteiger partial charge is 0.326 e. The third-order valence-corrected chi connectivity index (χ3v) is 11.5. The summed E-state index contributed by atoms with van der Waals surface area (Å²) in [6.45, 7) is 11.6. The third kappa shape index (κ3) is 21.7. The van der Waals surface area contributed by atoms with Crippen molar-refractivity contribution < 1.29 is 68.4 Å². The molecule has 0 saturated carbocycles. The van der Waals surface area contributed by atoms with Gasteiger partial charge in [0.05, 0.1) is 18.3 Å². The first kappa shape index (κ1) is 62.7. The molecule has 0 unspecified atom stereocenters. The SMILES string of the molecule is CC[C@H](C)[C@H](NC(=O)[C@H](C)NC(=O)[C@H](CCC(N)=O)NC(=O)[C@H](Cc1ccccc1)NC(=O)[C@@H](N)[C@@H](C)O)C(=O)N[C@H](C(=O)N[C@H](C(=O)N[C@H](C(=O)N[C@@H](CCCCN)C(=O)O)[C@@H](C)O)C(C)C)[C@@H](C)O. The van der Waals surface area contributed by atoms with Crippen LogP contribution in [0, 0.1) is 11.8 Å². The fourth-order valence-corrected chi connectivity index (χ4v) is 6.82. The number of carboxylic acid groups (broad SMARTS) is 1. The molecule has 0 saturated heterocycles. The monoisotopic (exact) mass is 1010 g/mol. The minimum atomic E-state index is -1.73. The Labute approximate surface area is 413 Å². The van der Waals surface area contributed by atoms with Gasteiger partial charge in [0, 0.05) is 12.8 Å². The summed E-state index contributed by atoms with van der Waals surface area (Å²) in [5, 5.41) is 60.0. The first-order chi connectivity index (χ1) is 33.2. The van der Waals surface area contributed by atoms with E-state index in [9.17, 15) is 68.4 Å². The molecule has 1 rings (SSSR count). The van der Waals surface area contributed by atoms with Crippen molar-refractivity contribution in [2.75, 3.05) is 6.54 Å². The number of nitrogens with one attached hydrogen (secondary N) is 8. The highest BCUT2D eigenvalue weighted by molar-refractivity contribution is 5.98. The van der Waals surface area contributed by atoms with Gasteiger partial charge >= 0.3 is 5.97 Å². The quantitative estimate of drug-likeness (QED) is 0.0304. The Hall–Kier alpha value is -6.28. The van der Waals surface area contributed by atoms with Crippen molar-refractivity contribution in [3.05, 3.63) is 35.9 Å². The number of aliphatic carboxylic acids is 1. The summed E-state index contributed by atoms with van der Waals surface area (Å²) in [5.41, 5.74) is 17.2. The van der Waals surface area contributed by atoms with Gasteiger partial charge in [-0.25, -0.2) is 4.79 Å². The van der Waals surface area contributed by atoms with Gasteiger partial charge in [0.25, 0.3) is 0 Å². The van der Waals surface area contributed by atoms with Crippen LogP contribution < -0.4 is 59.7 Å². The Morgan fingerprint density at radius 3 is 1.48 bits per heavy atom. The predicted octanol–water partition coefficient (Wildman–Crippen LogP) is -4.22. The molecule has 25 nitrogen and oxygen atoms in total. The number of carbonyl (C=O) groups excluding carboxylic acids is 9. The van der Waals surface area contributed by atoms with Gasteiger partial charge in [-0.2, -0.15) is 0 Å². The van der Waals surface area contributed by atoms with Crippen LogP contribution in [0.5, 0.6) is 0 Å². The molecule has 25 heteroatoms. The largest absolute Gasteiger partial charge is 0.480 e. The molecule has 0 aliphatic heterocycles.